The minimum atomic E-state index is -0.329. The molecule has 0 atom stereocenters. The molecule has 2 aliphatic rings. The highest BCUT2D eigenvalue weighted by atomic mass is 16.3. The van der Waals surface area contributed by atoms with E-state index in [4.69, 9.17) is 4.42 Å². The third kappa shape index (κ3) is 2.28. The first-order valence-corrected chi connectivity index (χ1v) is 7.59. The van der Waals surface area contributed by atoms with Gasteiger partial charge < -0.3 is 4.42 Å². The Balaban J connectivity index is 1.69. The van der Waals surface area contributed by atoms with Crippen LogP contribution < -0.4 is 5.43 Å². The standard InChI is InChI=1S/C18H13N3O4/c1-9-13(16(22)20-19-9)8-11-4-6-15(25-11)10-3-5-12-14(7-10)18(24)21(2)17(12)23/h3-8H,1-2H3,(H,20,22)/b13-8-. The molecule has 0 saturated heterocycles. The molecule has 2 aromatic rings. The molecule has 1 aromatic carbocycles. The average molecular weight is 335 g/mol. The maximum absolute atomic E-state index is 12.1. The molecule has 0 unspecified atom stereocenters. The number of benzene rings is 1. The lowest BCUT2D eigenvalue weighted by Crippen LogP contribution is -2.24. The zero-order valence-electron chi connectivity index (χ0n) is 13.5. The third-order valence-electron chi connectivity index (χ3n) is 4.25. The van der Waals surface area contributed by atoms with Gasteiger partial charge in [0, 0.05) is 12.6 Å². The van der Waals surface area contributed by atoms with Gasteiger partial charge in [0.2, 0.25) is 0 Å². The van der Waals surface area contributed by atoms with Crippen LogP contribution in [0.15, 0.2) is 45.4 Å². The first kappa shape index (κ1) is 15.1. The molecule has 1 N–H and O–H groups in total. The Labute approximate surface area is 142 Å². The van der Waals surface area contributed by atoms with Crippen LogP contribution in [0.4, 0.5) is 0 Å². The number of carbonyl (C=O) groups is 3. The molecule has 0 saturated carbocycles. The Morgan fingerprint density at radius 1 is 1.08 bits per heavy atom. The predicted molar refractivity (Wildman–Crippen MR) is 89.8 cm³/mol. The van der Waals surface area contributed by atoms with E-state index in [1.54, 1.807) is 43.3 Å². The van der Waals surface area contributed by atoms with Crippen molar-refractivity contribution in [2.45, 2.75) is 6.92 Å². The molecule has 0 fully saturated rings. The van der Waals surface area contributed by atoms with Gasteiger partial charge in [0.05, 0.1) is 22.4 Å². The highest BCUT2D eigenvalue weighted by Gasteiger charge is 2.33. The lowest BCUT2D eigenvalue weighted by Gasteiger charge is -2.02. The molecule has 124 valence electrons. The van der Waals surface area contributed by atoms with Crippen molar-refractivity contribution < 1.29 is 18.8 Å². The molecule has 7 nitrogen and oxygen atoms in total. The molecule has 0 spiro atoms. The van der Waals surface area contributed by atoms with Gasteiger partial charge in [-0.3, -0.25) is 19.3 Å². The second-order valence-electron chi connectivity index (χ2n) is 5.83. The van der Waals surface area contributed by atoms with Crippen molar-refractivity contribution in [1.29, 1.82) is 0 Å². The fourth-order valence-electron chi connectivity index (χ4n) is 2.83. The van der Waals surface area contributed by atoms with Gasteiger partial charge in [-0.2, -0.15) is 5.10 Å². The molecule has 3 amide bonds. The summed E-state index contributed by atoms with van der Waals surface area (Å²) in [4.78, 5) is 36.8. The number of furan rings is 1. The fourth-order valence-corrected chi connectivity index (χ4v) is 2.83. The van der Waals surface area contributed by atoms with Gasteiger partial charge in [0.15, 0.2) is 0 Å². The smallest absolute Gasteiger partial charge is 0.273 e. The molecular weight excluding hydrogens is 322 g/mol. The Bertz CT molecular complexity index is 1010. The van der Waals surface area contributed by atoms with E-state index >= 15 is 0 Å². The van der Waals surface area contributed by atoms with Gasteiger partial charge >= 0.3 is 0 Å². The van der Waals surface area contributed by atoms with Gasteiger partial charge in [-0.15, -0.1) is 0 Å². The number of carbonyl (C=O) groups excluding carboxylic acids is 3. The summed E-state index contributed by atoms with van der Waals surface area (Å²) in [5.41, 5.74) is 4.85. The van der Waals surface area contributed by atoms with Crippen LogP contribution in [0.5, 0.6) is 0 Å². The Hall–Kier alpha value is -3.48. The quantitative estimate of drug-likeness (QED) is 0.672. The minimum absolute atomic E-state index is 0.278. The van der Waals surface area contributed by atoms with Crippen molar-refractivity contribution in [3.63, 3.8) is 0 Å². The maximum atomic E-state index is 12.1. The number of hydrogen-bond acceptors (Lipinski definition) is 5. The topological polar surface area (TPSA) is 92.0 Å². The number of nitrogens with zero attached hydrogens (tertiary/aromatic N) is 2. The summed E-state index contributed by atoms with van der Waals surface area (Å²) in [6.07, 6.45) is 1.61. The first-order valence-electron chi connectivity index (χ1n) is 7.59. The Morgan fingerprint density at radius 3 is 2.56 bits per heavy atom. The van der Waals surface area contributed by atoms with E-state index in [-0.39, 0.29) is 17.7 Å². The lowest BCUT2D eigenvalue weighted by molar-refractivity contribution is -0.116. The van der Waals surface area contributed by atoms with Crippen LogP contribution in [0.25, 0.3) is 17.4 Å². The van der Waals surface area contributed by atoms with Crippen molar-refractivity contribution in [2.75, 3.05) is 7.05 Å². The van der Waals surface area contributed by atoms with Gasteiger partial charge in [-0.05, 0) is 37.3 Å². The monoisotopic (exact) mass is 335 g/mol. The number of hydrogen-bond donors (Lipinski definition) is 1. The summed E-state index contributed by atoms with van der Waals surface area (Å²) in [7, 11) is 1.46. The summed E-state index contributed by atoms with van der Waals surface area (Å²) >= 11 is 0. The van der Waals surface area contributed by atoms with Crippen molar-refractivity contribution in [3.8, 4) is 11.3 Å². The molecule has 1 aromatic heterocycles. The van der Waals surface area contributed by atoms with Crippen LogP contribution in [0, 0.1) is 0 Å². The molecule has 25 heavy (non-hydrogen) atoms. The summed E-state index contributed by atoms with van der Waals surface area (Å²) in [6.45, 7) is 1.73. The van der Waals surface area contributed by atoms with Crippen molar-refractivity contribution in [3.05, 3.63) is 52.8 Å². The predicted octanol–water partition coefficient (Wildman–Crippen LogP) is 2.06. The molecule has 2 aliphatic heterocycles. The van der Waals surface area contributed by atoms with E-state index in [9.17, 15) is 14.4 Å². The van der Waals surface area contributed by atoms with E-state index < -0.39 is 0 Å². The maximum Gasteiger partial charge on any atom is 0.273 e. The van der Waals surface area contributed by atoms with E-state index in [1.165, 1.54) is 7.05 Å². The van der Waals surface area contributed by atoms with Crippen molar-refractivity contribution in [2.24, 2.45) is 5.10 Å². The van der Waals surface area contributed by atoms with Crippen LogP contribution in [-0.2, 0) is 4.79 Å². The lowest BCUT2D eigenvalue weighted by atomic mass is 10.0. The van der Waals surface area contributed by atoms with Crippen LogP contribution >= 0.6 is 0 Å². The SMILES string of the molecule is CC1=NNC(=O)/C1=C\c1ccc(-c2ccc3c(c2)C(=O)N(C)C3=O)o1. The van der Waals surface area contributed by atoms with E-state index in [0.29, 0.717) is 39.5 Å². The number of amides is 3. The Morgan fingerprint density at radius 2 is 1.84 bits per heavy atom. The van der Waals surface area contributed by atoms with Crippen LogP contribution in [-0.4, -0.2) is 35.4 Å². The van der Waals surface area contributed by atoms with Gasteiger partial charge in [-0.25, -0.2) is 5.43 Å². The second-order valence-corrected chi connectivity index (χ2v) is 5.83. The molecule has 0 bridgehead atoms. The van der Waals surface area contributed by atoms with E-state index in [0.717, 1.165) is 4.90 Å². The zero-order valence-corrected chi connectivity index (χ0v) is 13.5. The molecule has 4 rings (SSSR count). The molecular formula is C18H13N3O4. The fraction of sp³-hybridized carbons (Fsp3) is 0.111. The minimum Gasteiger partial charge on any atom is -0.457 e. The van der Waals surface area contributed by atoms with Gasteiger partial charge in [0.25, 0.3) is 17.7 Å². The summed E-state index contributed by atoms with van der Waals surface area (Å²) in [6, 6.07) is 8.47. The molecule has 0 radical (unpaired) electrons. The van der Waals surface area contributed by atoms with E-state index in [2.05, 4.69) is 10.5 Å². The zero-order chi connectivity index (χ0) is 17.7. The van der Waals surface area contributed by atoms with Crippen LogP contribution in [0.2, 0.25) is 0 Å². The number of nitrogens with one attached hydrogen (secondary N) is 1. The number of rotatable bonds is 2. The highest BCUT2D eigenvalue weighted by Crippen LogP contribution is 2.29. The van der Waals surface area contributed by atoms with Crippen LogP contribution in [0.1, 0.15) is 33.4 Å². The summed E-state index contributed by atoms with van der Waals surface area (Å²) in [5.74, 6) is 0.123. The Kier molecular flexibility index (Phi) is 3.18. The molecule has 0 aliphatic carbocycles. The van der Waals surface area contributed by atoms with Crippen LogP contribution in [0.3, 0.4) is 0 Å². The third-order valence-corrected chi connectivity index (χ3v) is 4.25. The van der Waals surface area contributed by atoms with Gasteiger partial charge in [-0.1, -0.05) is 6.07 Å². The highest BCUT2D eigenvalue weighted by molar-refractivity contribution is 6.26. The molecule has 7 heteroatoms. The van der Waals surface area contributed by atoms with Gasteiger partial charge in [0.1, 0.15) is 11.5 Å². The normalized spacial score (nSPS) is 18.0. The first-order chi connectivity index (χ1) is 12.0. The largest absolute Gasteiger partial charge is 0.457 e. The number of fused-ring (bicyclic) bond motifs is 1. The van der Waals surface area contributed by atoms with E-state index in [1.807, 2.05) is 0 Å². The second kappa shape index (κ2) is 5.27. The summed E-state index contributed by atoms with van der Waals surface area (Å²) < 4.78 is 5.76. The summed E-state index contributed by atoms with van der Waals surface area (Å²) in [5, 5.41) is 3.85. The number of imide groups is 1. The average Bonchev–Trinajstić information content (AvgIpc) is 3.26. The van der Waals surface area contributed by atoms with Crippen molar-refractivity contribution >= 4 is 29.5 Å². The molecule has 3 heterocycles. The van der Waals surface area contributed by atoms with Crippen molar-refractivity contribution in [1.82, 2.24) is 10.3 Å². The number of hydrazone groups is 1.